The quantitative estimate of drug-likeness (QED) is 0.152. The molecule has 1 aromatic carbocycles. The number of aromatic nitrogens is 1. The summed E-state index contributed by atoms with van der Waals surface area (Å²) in [6, 6.07) is 8.42. The largest absolute Gasteiger partial charge is 0.477 e. The molecule has 1 aromatic heterocycles. The fourth-order valence-corrected chi connectivity index (χ4v) is 7.64. The molecule has 0 bridgehead atoms. The first-order valence-corrected chi connectivity index (χ1v) is 15.6. The highest BCUT2D eigenvalue weighted by molar-refractivity contribution is 8.14. The van der Waals surface area contributed by atoms with Crippen molar-refractivity contribution in [1.29, 1.82) is 5.41 Å². The summed E-state index contributed by atoms with van der Waals surface area (Å²) in [5, 5.41) is 26.3. The molecule has 5 rings (SSSR count). The van der Waals surface area contributed by atoms with E-state index < -0.39 is 35.4 Å². The lowest BCUT2D eigenvalue weighted by molar-refractivity contribution is -0.150. The maximum absolute atomic E-state index is 13.2. The van der Waals surface area contributed by atoms with Crippen LogP contribution in [0.3, 0.4) is 0 Å². The summed E-state index contributed by atoms with van der Waals surface area (Å²) in [4.78, 5) is 55.2. The summed E-state index contributed by atoms with van der Waals surface area (Å²) in [6.07, 6.45) is -0.238. The molecule has 7 N–H and O–H groups in total. The Morgan fingerprint density at radius 1 is 1.31 bits per heavy atom. The van der Waals surface area contributed by atoms with Crippen LogP contribution in [0.25, 0.3) is 0 Å². The molecular weight excluding hydrogens is 603 g/mol. The summed E-state index contributed by atoms with van der Waals surface area (Å²) in [7, 11) is 0. The van der Waals surface area contributed by atoms with Crippen molar-refractivity contribution < 1.29 is 24.3 Å². The van der Waals surface area contributed by atoms with E-state index in [1.54, 1.807) is 12.3 Å². The van der Waals surface area contributed by atoms with Crippen LogP contribution in [0, 0.1) is 5.41 Å². The van der Waals surface area contributed by atoms with Gasteiger partial charge < -0.3 is 31.6 Å². The van der Waals surface area contributed by atoms with Gasteiger partial charge in [-0.05, 0) is 24.6 Å². The number of aliphatic carboxylic acids is 1. The molecule has 2 aromatic rings. The van der Waals surface area contributed by atoms with Crippen molar-refractivity contribution in [3.63, 3.8) is 0 Å². The molecular formula is C25H27N9O5S3. The number of aliphatic imine (C=N–C) groups is 1. The number of amidine groups is 2. The number of amides is 2. The monoisotopic (exact) mass is 629 g/mol. The lowest BCUT2D eigenvalue weighted by Crippen LogP contribution is -2.71. The molecule has 1 fully saturated rings. The molecule has 0 radical (unpaired) electrons. The normalized spacial score (nSPS) is 22.4. The third kappa shape index (κ3) is 5.85. The number of thioether (sulfide) groups is 2. The van der Waals surface area contributed by atoms with Gasteiger partial charge in [0.25, 0.3) is 11.8 Å². The number of hydrogen-bond acceptors (Lipinski definition) is 13. The zero-order valence-corrected chi connectivity index (χ0v) is 24.7. The number of nitrogens with zero attached hydrogens (tertiary/aromatic N) is 5. The van der Waals surface area contributed by atoms with Crippen LogP contribution < -0.4 is 21.7 Å². The highest BCUT2D eigenvalue weighted by atomic mass is 32.2. The minimum absolute atomic E-state index is 0.126. The van der Waals surface area contributed by atoms with E-state index in [0.717, 1.165) is 17.0 Å². The third-order valence-electron chi connectivity index (χ3n) is 6.38. The number of oxime groups is 1. The number of anilines is 2. The molecule has 3 aliphatic heterocycles. The van der Waals surface area contributed by atoms with Crippen molar-refractivity contribution in [3.8, 4) is 0 Å². The number of hydrogen-bond donors (Lipinski definition) is 5. The minimum atomic E-state index is -1.25. The molecule has 2 unspecified atom stereocenters. The Labute approximate surface area is 252 Å². The summed E-state index contributed by atoms with van der Waals surface area (Å²) in [6.45, 7) is 1.91. The number of carbonyl (C=O) groups is 3. The van der Waals surface area contributed by atoms with Crippen LogP contribution in [-0.4, -0.2) is 85.2 Å². The van der Waals surface area contributed by atoms with Crippen LogP contribution in [0.5, 0.6) is 0 Å². The van der Waals surface area contributed by atoms with Crippen molar-refractivity contribution in [2.24, 2.45) is 15.9 Å². The number of carboxylic acid groups (broad SMARTS) is 1. The molecule has 17 heteroatoms. The smallest absolute Gasteiger partial charge is 0.352 e. The lowest BCUT2D eigenvalue weighted by atomic mass is 10.0. The Morgan fingerprint density at radius 2 is 2.07 bits per heavy atom. The van der Waals surface area contributed by atoms with Crippen LogP contribution in [0.4, 0.5) is 10.8 Å². The fraction of sp³-hybridized carbons (Fsp3) is 0.320. The maximum Gasteiger partial charge on any atom is 0.352 e. The minimum Gasteiger partial charge on any atom is -0.477 e. The lowest BCUT2D eigenvalue weighted by Gasteiger charge is -2.49. The fourth-order valence-electron chi connectivity index (χ4n) is 4.52. The molecule has 42 heavy (non-hydrogen) atoms. The van der Waals surface area contributed by atoms with Crippen LogP contribution in [0.15, 0.2) is 57.1 Å². The highest BCUT2D eigenvalue weighted by Gasteiger charge is 2.54. The zero-order chi connectivity index (χ0) is 30.0. The van der Waals surface area contributed by atoms with Crippen molar-refractivity contribution in [3.05, 3.63) is 52.7 Å². The van der Waals surface area contributed by atoms with Gasteiger partial charge in [-0.1, -0.05) is 35.1 Å². The first kappa shape index (κ1) is 29.6. The number of carbonyl (C=O) groups excluding carboxylic acids is 2. The maximum atomic E-state index is 13.2. The van der Waals surface area contributed by atoms with E-state index >= 15 is 0 Å². The predicted octanol–water partition coefficient (Wildman–Crippen LogP) is 1.47. The zero-order valence-electron chi connectivity index (χ0n) is 22.2. The van der Waals surface area contributed by atoms with E-state index in [2.05, 4.69) is 20.4 Å². The summed E-state index contributed by atoms with van der Waals surface area (Å²) < 4.78 is 0. The molecule has 2 amide bonds. The first-order chi connectivity index (χ1) is 20.2. The van der Waals surface area contributed by atoms with E-state index in [4.69, 9.17) is 21.7 Å². The van der Waals surface area contributed by atoms with E-state index in [1.807, 2.05) is 35.2 Å². The van der Waals surface area contributed by atoms with Crippen molar-refractivity contribution in [2.45, 2.75) is 30.9 Å². The second-order valence-corrected chi connectivity index (χ2v) is 12.1. The molecule has 0 spiro atoms. The Bertz CT molecular complexity index is 1510. The highest BCUT2D eigenvalue weighted by Crippen LogP contribution is 2.41. The van der Waals surface area contributed by atoms with Crippen molar-refractivity contribution in [2.75, 3.05) is 28.7 Å². The number of rotatable bonds is 9. The molecule has 4 heterocycles. The van der Waals surface area contributed by atoms with E-state index in [0.29, 0.717) is 16.5 Å². The van der Waals surface area contributed by atoms with Crippen LogP contribution in [0.1, 0.15) is 19.0 Å². The van der Waals surface area contributed by atoms with Gasteiger partial charge in [0.15, 0.2) is 16.0 Å². The predicted molar refractivity (Wildman–Crippen MR) is 164 cm³/mol. The Balaban J connectivity index is 1.32. The molecule has 1 saturated heterocycles. The second kappa shape index (κ2) is 12.5. The van der Waals surface area contributed by atoms with Crippen LogP contribution in [0.2, 0.25) is 0 Å². The SMILES string of the molecule is CCON=C(C(=O)NC1C(=O)N2C(C(=O)O)=C(CSC3=NC(=N)CC(N)N3c3ccccc3)CS[C@@H]12)c1csc(N)n1. The first-order valence-electron chi connectivity index (χ1n) is 12.7. The number of nitrogens with one attached hydrogen (secondary N) is 2. The molecule has 3 aliphatic rings. The Morgan fingerprint density at radius 3 is 2.74 bits per heavy atom. The molecule has 220 valence electrons. The summed E-state index contributed by atoms with van der Waals surface area (Å²) in [5.41, 5.74) is 13.3. The number of β-lactam (4-membered cyclic amide) rings is 1. The van der Waals surface area contributed by atoms with Gasteiger partial charge in [0, 0.05) is 29.0 Å². The van der Waals surface area contributed by atoms with Gasteiger partial charge in [0.05, 0.1) is 6.17 Å². The van der Waals surface area contributed by atoms with Gasteiger partial charge in [-0.25, -0.2) is 14.8 Å². The number of nitrogen functional groups attached to an aromatic ring is 1. The number of thiazole rings is 1. The number of benzene rings is 1. The van der Waals surface area contributed by atoms with Gasteiger partial charge in [-0.3, -0.25) is 19.9 Å². The second-order valence-electron chi connectivity index (χ2n) is 9.15. The van der Waals surface area contributed by atoms with E-state index in [-0.39, 0.29) is 46.9 Å². The topological polar surface area (TPSA) is 213 Å². The van der Waals surface area contributed by atoms with Gasteiger partial charge in [0.2, 0.25) is 0 Å². The standard InChI is InChI=1S/C25H27N9O5S3/c1-2-39-32-17(14-11-41-24(28)29-14)20(35)31-18-21(36)34-19(23(37)38)12(9-40-22(18)34)10-42-25-30-15(26)8-16(27)33(25)13-6-4-3-5-7-13/h3-7,11,16,18,22,26H,2,8-10,27H2,1H3,(H2,28,29)(H,31,35)(H,37,38)/t16?,18?,22-/m0/s1. The summed E-state index contributed by atoms with van der Waals surface area (Å²) in [5.74, 6) is -1.85. The van der Waals surface area contributed by atoms with Crippen molar-refractivity contribution in [1.82, 2.24) is 15.2 Å². The van der Waals surface area contributed by atoms with Crippen LogP contribution >= 0.6 is 34.9 Å². The number of carboxylic acids is 1. The Hall–Kier alpha value is -3.93. The average molecular weight is 630 g/mol. The Kier molecular flexibility index (Phi) is 8.81. The van der Waals surface area contributed by atoms with Gasteiger partial charge in [-0.15, -0.1) is 23.1 Å². The van der Waals surface area contributed by atoms with E-state index in [1.165, 1.54) is 28.4 Å². The van der Waals surface area contributed by atoms with Gasteiger partial charge in [0.1, 0.15) is 35.2 Å². The number of nitrogens with two attached hydrogens (primary N) is 2. The number of para-hydroxylation sites is 1. The average Bonchev–Trinajstić information content (AvgIpc) is 3.40. The number of fused-ring (bicyclic) bond motifs is 1. The molecule has 3 atom stereocenters. The molecule has 0 saturated carbocycles. The molecule has 14 nitrogen and oxygen atoms in total. The molecule has 0 aliphatic carbocycles. The van der Waals surface area contributed by atoms with Crippen molar-refractivity contribution >= 4 is 80.2 Å². The van der Waals surface area contributed by atoms with Gasteiger partial charge in [-0.2, -0.15) is 0 Å². The summed E-state index contributed by atoms with van der Waals surface area (Å²) >= 11 is 3.72. The van der Waals surface area contributed by atoms with Gasteiger partial charge >= 0.3 is 5.97 Å². The van der Waals surface area contributed by atoms with E-state index in [9.17, 15) is 19.5 Å². The van der Waals surface area contributed by atoms with Crippen LogP contribution in [-0.2, 0) is 19.2 Å². The third-order valence-corrected chi connectivity index (χ3v) is 9.43.